The molecule has 0 aliphatic carbocycles. The molecule has 21 heavy (non-hydrogen) atoms. The zero-order valence-corrected chi connectivity index (χ0v) is 13.3. The predicted molar refractivity (Wildman–Crippen MR) is 83.0 cm³/mol. The number of nitrogens with two attached hydrogens (primary N) is 1. The molecule has 116 valence electrons. The van der Waals surface area contributed by atoms with Gasteiger partial charge in [-0.3, -0.25) is 4.79 Å². The Hall–Kier alpha value is -1.49. The molecule has 2 heterocycles. The Bertz CT molecular complexity index is 493. The Morgan fingerprint density at radius 1 is 1.38 bits per heavy atom. The van der Waals surface area contributed by atoms with Gasteiger partial charge in [-0.25, -0.2) is 9.97 Å². The lowest BCUT2D eigenvalue weighted by molar-refractivity contribution is -0.118. The van der Waals surface area contributed by atoms with Crippen LogP contribution in [0.2, 0.25) is 0 Å². The Morgan fingerprint density at radius 3 is 2.62 bits per heavy atom. The van der Waals surface area contributed by atoms with Gasteiger partial charge in [0.25, 0.3) is 0 Å². The van der Waals surface area contributed by atoms with Crippen molar-refractivity contribution in [1.82, 2.24) is 14.9 Å². The van der Waals surface area contributed by atoms with E-state index in [0.29, 0.717) is 24.8 Å². The maximum atomic E-state index is 10.9. The summed E-state index contributed by atoms with van der Waals surface area (Å²) in [7, 11) is 0. The zero-order chi connectivity index (χ0) is 15.4. The fraction of sp³-hybridized carbons (Fsp3) is 0.688. The molecule has 1 saturated heterocycles. The molecule has 5 heteroatoms. The van der Waals surface area contributed by atoms with Crippen molar-refractivity contribution < 1.29 is 4.79 Å². The molecule has 1 aliphatic heterocycles. The molecule has 0 aromatic carbocycles. The second-order valence-corrected chi connectivity index (χ2v) is 6.20. The van der Waals surface area contributed by atoms with Crippen molar-refractivity contribution in [2.45, 2.75) is 58.4 Å². The van der Waals surface area contributed by atoms with Gasteiger partial charge >= 0.3 is 0 Å². The molecule has 0 saturated carbocycles. The van der Waals surface area contributed by atoms with E-state index >= 15 is 0 Å². The van der Waals surface area contributed by atoms with Crippen molar-refractivity contribution in [2.24, 2.45) is 5.73 Å². The number of aryl methyl sites for hydroxylation is 2. The monoisotopic (exact) mass is 290 g/mol. The molecule has 1 aromatic heterocycles. The number of primary amides is 1. The summed E-state index contributed by atoms with van der Waals surface area (Å²) in [6.45, 7) is 8.67. The van der Waals surface area contributed by atoms with Crippen LogP contribution < -0.4 is 5.73 Å². The second kappa shape index (κ2) is 6.98. The van der Waals surface area contributed by atoms with Crippen LogP contribution >= 0.6 is 0 Å². The van der Waals surface area contributed by atoms with E-state index in [-0.39, 0.29) is 5.91 Å². The Labute approximate surface area is 127 Å². The summed E-state index contributed by atoms with van der Waals surface area (Å²) >= 11 is 0. The van der Waals surface area contributed by atoms with Crippen LogP contribution in [0.4, 0.5) is 0 Å². The van der Waals surface area contributed by atoms with Crippen molar-refractivity contribution in [3.8, 4) is 0 Å². The lowest BCUT2D eigenvalue weighted by Crippen LogP contribution is -2.38. The van der Waals surface area contributed by atoms with Crippen LogP contribution in [0.15, 0.2) is 6.07 Å². The van der Waals surface area contributed by atoms with Gasteiger partial charge in [-0.15, -0.1) is 0 Å². The van der Waals surface area contributed by atoms with Crippen LogP contribution in [0.1, 0.15) is 56.2 Å². The average molecular weight is 290 g/mol. The van der Waals surface area contributed by atoms with E-state index in [9.17, 15) is 4.79 Å². The molecule has 1 aliphatic rings. The Kier molecular flexibility index (Phi) is 5.28. The number of rotatable bonds is 5. The number of carbonyl (C=O) groups excluding carboxylic acids is 1. The van der Waals surface area contributed by atoms with E-state index in [4.69, 9.17) is 5.73 Å². The standard InChI is InChI=1S/C16H26N4O/c1-11(2)20-8-6-13(7-9-20)15-10-14(4-5-16(17)21)18-12(3)19-15/h10-11,13H,4-9H2,1-3H3,(H2,17,21). The highest BCUT2D eigenvalue weighted by Gasteiger charge is 2.23. The van der Waals surface area contributed by atoms with Gasteiger partial charge in [0.2, 0.25) is 5.91 Å². The summed E-state index contributed by atoms with van der Waals surface area (Å²) < 4.78 is 0. The molecule has 0 bridgehead atoms. The summed E-state index contributed by atoms with van der Waals surface area (Å²) in [6.07, 6.45) is 3.24. The van der Waals surface area contributed by atoms with Crippen molar-refractivity contribution >= 4 is 5.91 Å². The summed E-state index contributed by atoms with van der Waals surface area (Å²) in [6, 6.07) is 2.68. The molecule has 1 amide bonds. The highest BCUT2D eigenvalue weighted by molar-refractivity contribution is 5.73. The highest BCUT2D eigenvalue weighted by Crippen LogP contribution is 2.28. The third kappa shape index (κ3) is 4.49. The van der Waals surface area contributed by atoms with Crippen LogP contribution in [-0.4, -0.2) is 39.9 Å². The minimum atomic E-state index is -0.280. The largest absolute Gasteiger partial charge is 0.370 e. The molecule has 0 atom stereocenters. The van der Waals surface area contributed by atoms with Crippen molar-refractivity contribution in [1.29, 1.82) is 0 Å². The van der Waals surface area contributed by atoms with E-state index in [1.54, 1.807) is 0 Å². The van der Waals surface area contributed by atoms with E-state index in [1.807, 2.05) is 6.92 Å². The fourth-order valence-corrected chi connectivity index (χ4v) is 2.96. The summed E-state index contributed by atoms with van der Waals surface area (Å²) in [4.78, 5) is 22.5. The van der Waals surface area contributed by atoms with Crippen LogP contribution in [0.3, 0.4) is 0 Å². The number of piperidine rings is 1. The van der Waals surface area contributed by atoms with Crippen molar-refractivity contribution in [3.63, 3.8) is 0 Å². The lowest BCUT2D eigenvalue weighted by Gasteiger charge is -2.34. The Morgan fingerprint density at radius 2 is 2.05 bits per heavy atom. The summed E-state index contributed by atoms with van der Waals surface area (Å²) in [5.74, 6) is 1.02. The molecule has 0 radical (unpaired) electrons. The molecule has 0 spiro atoms. The zero-order valence-electron chi connectivity index (χ0n) is 13.3. The van der Waals surface area contributed by atoms with E-state index in [1.165, 1.54) is 0 Å². The molecule has 1 fully saturated rings. The molecule has 2 rings (SSSR count). The average Bonchev–Trinajstić information content (AvgIpc) is 2.44. The lowest BCUT2D eigenvalue weighted by atomic mass is 9.92. The first-order chi connectivity index (χ1) is 9.95. The number of aromatic nitrogens is 2. The normalized spacial score (nSPS) is 17.3. The van der Waals surface area contributed by atoms with Crippen LogP contribution in [0.5, 0.6) is 0 Å². The van der Waals surface area contributed by atoms with E-state index in [2.05, 4.69) is 34.8 Å². The number of amides is 1. The van der Waals surface area contributed by atoms with Crippen molar-refractivity contribution in [2.75, 3.05) is 13.1 Å². The third-order valence-corrected chi connectivity index (χ3v) is 4.22. The van der Waals surface area contributed by atoms with Gasteiger partial charge in [0, 0.05) is 29.8 Å². The second-order valence-electron chi connectivity index (χ2n) is 6.20. The van der Waals surface area contributed by atoms with Crippen LogP contribution in [0.25, 0.3) is 0 Å². The minimum absolute atomic E-state index is 0.280. The fourth-order valence-electron chi connectivity index (χ4n) is 2.96. The first-order valence-corrected chi connectivity index (χ1v) is 7.82. The first-order valence-electron chi connectivity index (χ1n) is 7.82. The molecule has 2 N–H and O–H groups in total. The highest BCUT2D eigenvalue weighted by atomic mass is 16.1. The summed E-state index contributed by atoms with van der Waals surface area (Å²) in [5.41, 5.74) is 7.28. The SMILES string of the molecule is Cc1nc(CCC(N)=O)cc(C2CCN(C(C)C)CC2)n1. The number of nitrogens with zero attached hydrogens (tertiary/aromatic N) is 3. The van der Waals surface area contributed by atoms with E-state index < -0.39 is 0 Å². The topological polar surface area (TPSA) is 72.1 Å². The van der Waals surface area contributed by atoms with Gasteiger partial charge < -0.3 is 10.6 Å². The van der Waals surface area contributed by atoms with Crippen LogP contribution in [-0.2, 0) is 11.2 Å². The quantitative estimate of drug-likeness (QED) is 0.897. The third-order valence-electron chi connectivity index (χ3n) is 4.22. The number of hydrogen-bond acceptors (Lipinski definition) is 4. The molecule has 0 unspecified atom stereocenters. The Balaban J connectivity index is 2.04. The van der Waals surface area contributed by atoms with E-state index in [0.717, 1.165) is 43.1 Å². The maximum absolute atomic E-state index is 10.9. The maximum Gasteiger partial charge on any atom is 0.217 e. The van der Waals surface area contributed by atoms with Gasteiger partial charge in [0.05, 0.1) is 0 Å². The number of likely N-dealkylation sites (tertiary alicyclic amines) is 1. The van der Waals surface area contributed by atoms with Crippen LogP contribution in [0, 0.1) is 6.92 Å². The molecular formula is C16H26N4O. The predicted octanol–water partition coefficient (Wildman–Crippen LogP) is 1.79. The summed E-state index contributed by atoms with van der Waals surface area (Å²) in [5, 5.41) is 0. The minimum Gasteiger partial charge on any atom is -0.370 e. The van der Waals surface area contributed by atoms with Gasteiger partial charge in [0.1, 0.15) is 5.82 Å². The first kappa shape index (κ1) is 15.9. The smallest absolute Gasteiger partial charge is 0.217 e. The molecular weight excluding hydrogens is 264 g/mol. The van der Waals surface area contributed by atoms with Gasteiger partial charge in [-0.2, -0.15) is 0 Å². The van der Waals surface area contributed by atoms with Crippen molar-refractivity contribution in [3.05, 3.63) is 23.3 Å². The molecule has 5 nitrogen and oxygen atoms in total. The van der Waals surface area contributed by atoms with Gasteiger partial charge in [-0.1, -0.05) is 0 Å². The number of carbonyl (C=O) groups is 1. The number of hydrogen-bond donors (Lipinski definition) is 1. The van der Waals surface area contributed by atoms with Gasteiger partial charge in [0.15, 0.2) is 0 Å². The molecule has 1 aromatic rings. The van der Waals surface area contributed by atoms with Gasteiger partial charge in [-0.05, 0) is 59.2 Å².